The second-order valence-electron chi connectivity index (χ2n) is 13.1. The van der Waals surface area contributed by atoms with Crippen molar-refractivity contribution in [3.8, 4) is 56.4 Å². The molecule has 0 atom stereocenters. The molecule has 7 aromatic carbocycles. The van der Waals surface area contributed by atoms with E-state index in [0.717, 1.165) is 38.6 Å². The Hall–Kier alpha value is -6.65. The molecule has 0 saturated heterocycles. The van der Waals surface area contributed by atoms with Crippen molar-refractivity contribution in [2.45, 2.75) is 5.41 Å². The lowest BCUT2D eigenvalue weighted by molar-refractivity contribution is 0.668. The summed E-state index contributed by atoms with van der Waals surface area (Å²) in [5, 5.41) is 2.16. The van der Waals surface area contributed by atoms with Gasteiger partial charge in [-0.05, 0) is 68.8 Å². The van der Waals surface area contributed by atoms with E-state index < -0.39 is 5.41 Å². The van der Waals surface area contributed by atoms with Gasteiger partial charge in [0.15, 0.2) is 17.5 Å². The first kappa shape index (κ1) is 27.3. The summed E-state index contributed by atoms with van der Waals surface area (Å²) in [5.41, 5.74) is 14.4. The summed E-state index contributed by atoms with van der Waals surface area (Å²) >= 11 is 0. The van der Waals surface area contributed by atoms with Crippen LogP contribution in [0.4, 0.5) is 0 Å². The Morgan fingerprint density at radius 2 is 0.860 bits per heavy atom. The number of fused-ring (bicyclic) bond motifs is 14. The van der Waals surface area contributed by atoms with Crippen molar-refractivity contribution in [3.63, 3.8) is 0 Å². The number of hydrogen-bond donors (Lipinski definition) is 0. The molecule has 2 aromatic heterocycles. The average Bonchev–Trinajstić information content (AvgIpc) is 3.82. The van der Waals surface area contributed by atoms with E-state index in [2.05, 4.69) is 103 Å². The Labute approximate surface area is 288 Å². The third-order valence-corrected chi connectivity index (χ3v) is 10.6. The fraction of sp³-hybridized carbons (Fsp3) is 0.0217. The zero-order chi connectivity index (χ0) is 32.8. The van der Waals surface area contributed by atoms with Gasteiger partial charge >= 0.3 is 0 Å². The van der Waals surface area contributed by atoms with Gasteiger partial charge in [0.2, 0.25) is 0 Å². The van der Waals surface area contributed by atoms with Crippen molar-refractivity contribution in [2.75, 3.05) is 0 Å². The van der Waals surface area contributed by atoms with Crippen LogP contribution in [0.25, 0.3) is 78.4 Å². The molecule has 0 saturated carbocycles. The van der Waals surface area contributed by atoms with Crippen molar-refractivity contribution in [1.29, 1.82) is 0 Å². The highest BCUT2D eigenvalue weighted by atomic mass is 16.3. The summed E-state index contributed by atoms with van der Waals surface area (Å²) in [6, 6.07) is 57.7. The second kappa shape index (κ2) is 10.2. The summed E-state index contributed by atoms with van der Waals surface area (Å²) in [6.45, 7) is 0. The minimum Gasteiger partial charge on any atom is -0.456 e. The molecule has 2 heterocycles. The molecule has 0 fully saturated rings. The Bertz CT molecular complexity index is 2720. The number of aromatic nitrogens is 3. The first-order valence-electron chi connectivity index (χ1n) is 17.0. The Balaban J connectivity index is 1.19. The molecule has 11 rings (SSSR count). The average molecular weight is 638 g/mol. The van der Waals surface area contributed by atoms with Crippen LogP contribution < -0.4 is 0 Å². The van der Waals surface area contributed by atoms with E-state index in [-0.39, 0.29) is 0 Å². The highest BCUT2D eigenvalue weighted by Crippen LogP contribution is 2.64. The SMILES string of the molecule is c1ccc(-c2nc(-c3ccccc3)nc(-c3ccc4oc5ccc6c(c5c4c3)-c3ccccc3C63c4ccccc4-c4ccccc43)n2)cc1. The number of hydrogen-bond acceptors (Lipinski definition) is 4. The van der Waals surface area contributed by atoms with E-state index in [4.69, 9.17) is 19.4 Å². The molecular weight excluding hydrogens is 611 g/mol. The van der Waals surface area contributed by atoms with Gasteiger partial charge in [0.25, 0.3) is 0 Å². The zero-order valence-electron chi connectivity index (χ0n) is 26.8. The zero-order valence-corrected chi connectivity index (χ0v) is 26.8. The molecular formula is C46H27N3O. The highest BCUT2D eigenvalue weighted by molar-refractivity contribution is 6.16. The summed E-state index contributed by atoms with van der Waals surface area (Å²) in [5.74, 6) is 1.90. The van der Waals surface area contributed by atoms with Gasteiger partial charge in [0, 0.05) is 27.5 Å². The predicted molar refractivity (Wildman–Crippen MR) is 200 cm³/mol. The molecule has 50 heavy (non-hydrogen) atoms. The van der Waals surface area contributed by atoms with Gasteiger partial charge in [-0.15, -0.1) is 0 Å². The number of rotatable bonds is 3. The van der Waals surface area contributed by atoms with Crippen LogP contribution in [-0.4, -0.2) is 15.0 Å². The van der Waals surface area contributed by atoms with Crippen molar-refractivity contribution < 1.29 is 4.42 Å². The molecule has 4 nitrogen and oxygen atoms in total. The molecule has 0 amide bonds. The summed E-state index contributed by atoms with van der Waals surface area (Å²) in [4.78, 5) is 15.0. The van der Waals surface area contributed by atoms with E-state index >= 15 is 0 Å². The van der Waals surface area contributed by atoms with Gasteiger partial charge in [0.05, 0.1) is 5.41 Å². The van der Waals surface area contributed by atoms with Crippen LogP contribution in [0.1, 0.15) is 22.3 Å². The minimum atomic E-state index is -0.419. The molecule has 4 heteroatoms. The van der Waals surface area contributed by atoms with Crippen LogP contribution in [-0.2, 0) is 5.41 Å². The lowest BCUT2D eigenvalue weighted by Crippen LogP contribution is -2.25. The molecule has 0 unspecified atom stereocenters. The van der Waals surface area contributed by atoms with Crippen molar-refractivity contribution >= 4 is 21.9 Å². The smallest absolute Gasteiger partial charge is 0.164 e. The Morgan fingerprint density at radius 3 is 1.46 bits per heavy atom. The molecule has 0 radical (unpaired) electrons. The predicted octanol–water partition coefficient (Wildman–Crippen LogP) is 11.1. The lowest BCUT2D eigenvalue weighted by atomic mass is 9.70. The number of benzene rings is 7. The van der Waals surface area contributed by atoms with Gasteiger partial charge in [-0.1, -0.05) is 140 Å². The standard InChI is InChI=1S/C46H27N3O/c1-3-13-28(14-4-1)43-47-44(29-15-5-2-6-16-29)49-45(48-43)30-23-25-39-34(27-30)42-40(50-39)26-24-38-41(42)33-19-9-12-22-37(33)46(38)35-20-10-7-17-31(35)32-18-8-11-21-36(32)46/h1-27H. The molecule has 2 aliphatic carbocycles. The molecule has 0 N–H and O–H groups in total. The van der Waals surface area contributed by atoms with Crippen LogP contribution in [0.5, 0.6) is 0 Å². The maximum absolute atomic E-state index is 6.61. The maximum Gasteiger partial charge on any atom is 0.164 e. The van der Waals surface area contributed by atoms with Gasteiger partial charge in [-0.2, -0.15) is 0 Å². The molecule has 0 aliphatic heterocycles. The van der Waals surface area contributed by atoms with Crippen LogP contribution in [0.2, 0.25) is 0 Å². The van der Waals surface area contributed by atoms with Crippen LogP contribution in [0, 0.1) is 0 Å². The first-order valence-corrected chi connectivity index (χ1v) is 17.0. The summed E-state index contributed by atoms with van der Waals surface area (Å²) in [7, 11) is 0. The van der Waals surface area contributed by atoms with Crippen molar-refractivity contribution in [1.82, 2.24) is 15.0 Å². The topological polar surface area (TPSA) is 51.8 Å². The van der Waals surface area contributed by atoms with Crippen LogP contribution in [0.3, 0.4) is 0 Å². The van der Waals surface area contributed by atoms with Gasteiger partial charge < -0.3 is 4.42 Å². The summed E-state index contributed by atoms with van der Waals surface area (Å²) in [6.07, 6.45) is 0. The van der Waals surface area contributed by atoms with Crippen molar-refractivity contribution in [3.05, 3.63) is 186 Å². The Morgan fingerprint density at radius 1 is 0.380 bits per heavy atom. The van der Waals surface area contributed by atoms with Gasteiger partial charge in [-0.25, -0.2) is 15.0 Å². The molecule has 0 bridgehead atoms. The first-order chi connectivity index (χ1) is 24.8. The number of furan rings is 1. The minimum absolute atomic E-state index is 0.419. The monoisotopic (exact) mass is 637 g/mol. The fourth-order valence-electron chi connectivity index (χ4n) is 8.53. The van der Waals surface area contributed by atoms with E-state index in [1.54, 1.807) is 0 Å². The lowest BCUT2D eigenvalue weighted by Gasteiger charge is -2.30. The third-order valence-electron chi connectivity index (χ3n) is 10.6. The van der Waals surface area contributed by atoms with Gasteiger partial charge in [-0.3, -0.25) is 0 Å². The normalized spacial score (nSPS) is 13.4. The quantitative estimate of drug-likeness (QED) is 0.193. The maximum atomic E-state index is 6.61. The van der Waals surface area contributed by atoms with Crippen LogP contribution in [0.15, 0.2) is 168 Å². The molecule has 2 aliphatic rings. The Kier molecular flexibility index (Phi) is 5.56. The van der Waals surface area contributed by atoms with Crippen molar-refractivity contribution in [2.24, 2.45) is 0 Å². The highest BCUT2D eigenvalue weighted by Gasteiger charge is 2.52. The summed E-state index contributed by atoms with van der Waals surface area (Å²) < 4.78 is 6.61. The largest absolute Gasteiger partial charge is 0.456 e. The van der Waals surface area contributed by atoms with E-state index in [1.165, 1.54) is 44.5 Å². The van der Waals surface area contributed by atoms with Crippen LogP contribution >= 0.6 is 0 Å². The third kappa shape index (κ3) is 3.62. The van der Waals surface area contributed by atoms with E-state index in [1.807, 2.05) is 60.7 Å². The van der Waals surface area contributed by atoms with E-state index in [9.17, 15) is 0 Å². The molecule has 1 spiro atoms. The second-order valence-corrected chi connectivity index (χ2v) is 13.1. The fourth-order valence-corrected chi connectivity index (χ4v) is 8.53. The molecule has 232 valence electrons. The number of nitrogens with zero attached hydrogens (tertiary/aromatic N) is 3. The van der Waals surface area contributed by atoms with E-state index in [0.29, 0.717) is 17.5 Å². The molecule has 9 aromatic rings. The van der Waals surface area contributed by atoms with Gasteiger partial charge in [0.1, 0.15) is 11.2 Å².